The lowest BCUT2D eigenvalue weighted by molar-refractivity contribution is 0.180. The van der Waals surface area contributed by atoms with E-state index in [4.69, 9.17) is 17.0 Å². The van der Waals surface area contributed by atoms with Crippen molar-refractivity contribution in [3.8, 4) is 5.69 Å². The van der Waals surface area contributed by atoms with E-state index in [0.29, 0.717) is 6.61 Å². The zero-order valence-corrected chi connectivity index (χ0v) is 19.0. The summed E-state index contributed by atoms with van der Waals surface area (Å²) in [5, 5.41) is 4.28. The van der Waals surface area contributed by atoms with Gasteiger partial charge in [-0.25, -0.2) is 0 Å². The number of hydrogen-bond donors (Lipinski definition) is 1. The second-order valence-electron chi connectivity index (χ2n) is 7.88. The molecule has 0 aliphatic carbocycles. The zero-order chi connectivity index (χ0) is 21.8. The summed E-state index contributed by atoms with van der Waals surface area (Å²) in [6.07, 6.45) is 4.86. The number of anilines is 1. The third kappa shape index (κ3) is 4.43. The van der Waals surface area contributed by atoms with E-state index in [1.165, 1.54) is 11.4 Å². The van der Waals surface area contributed by atoms with Gasteiger partial charge in [0.15, 0.2) is 5.11 Å². The molecule has 1 aliphatic heterocycles. The molecule has 6 nitrogen and oxygen atoms in total. The van der Waals surface area contributed by atoms with Crippen molar-refractivity contribution in [1.82, 2.24) is 19.8 Å². The van der Waals surface area contributed by atoms with Crippen molar-refractivity contribution < 1.29 is 4.74 Å². The van der Waals surface area contributed by atoms with E-state index in [0.717, 1.165) is 29.5 Å². The number of benzene rings is 1. The highest BCUT2D eigenvalue weighted by atomic mass is 32.1. The molecule has 3 heterocycles. The van der Waals surface area contributed by atoms with E-state index in [2.05, 4.69) is 87.4 Å². The first-order valence-corrected chi connectivity index (χ1v) is 10.9. The van der Waals surface area contributed by atoms with Crippen LogP contribution < -0.4 is 10.2 Å². The van der Waals surface area contributed by atoms with Gasteiger partial charge in [-0.3, -0.25) is 4.98 Å². The van der Waals surface area contributed by atoms with Crippen molar-refractivity contribution in [2.45, 2.75) is 18.5 Å². The first-order chi connectivity index (χ1) is 15.1. The van der Waals surface area contributed by atoms with Crippen molar-refractivity contribution >= 4 is 23.0 Å². The van der Waals surface area contributed by atoms with Crippen LogP contribution in [0.1, 0.15) is 29.9 Å². The van der Waals surface area contributed by atoms with Crippen LogP contribution in [0.2, 0.25) is 0 Å². The monoisotopic (exact) mass is 435 g/mol. The minimum Gasteiger partial charge on any atom is -0.385 e. The molecule has 0 radical (unpaired) electrons. The van der Waals surface area contributed by atoms with Crippen molar-refractivity contribution in [3.63, 3.8) is 0 Å². The molecular weight excluding hydrogens is 406 g/mol. The van der Waals surface area contributed by atoms with Gasteiger partial charge in [0, 0.05) is 63.8 Å². The Balaban J connectivity index is 1.73. The summed E-state index contributed by atoms with van der Waals surface area (Å²) in [4.78, 5) is 9.01. The van der Waals surface area contributed by atoms with Crippen LogP contribution in [0.5, 0.6) is 0 Å². The molecule has 162 valence electrons. The summed E-state index contributed by atoms with van der Waals surface area (Å²) in [5.74, 6) is 0. The maximum absolute atomic E-state index is 5.76. The number of methoxy groups -OCH3 is 1. The van der Waals surface area contributed by atoms with Gasteiger partial charge in [-0.05, 0) is 67.2 Å². The number of nitrogens with one attached hydrogen (secondary N) is 1. The number of ether oxygens (including phenoxy) is 1. The molecular formula is C24H29N5OS. The number of nitrogens with zero attached hydrogens (tertiary/aromatic N) is 4. The molecule has 1 N–H and O–H groups in total. The zero-order valence-electron chi connectivity index (χ0n) is 18.2. The predicted octanol–water partition coefficient (Wildman–Crippen LogP) is 3.95. The molecule has 2 aromatic heterocycles. The Kier molecular flexibility index (Phi) is 6.53. The maximum Gasteiger partial charge on any atom is 0.170 e. The van der Waals surface area contributed by atoms with E-state index >= 15 is 0 Å². The van der Waals surface area contributed by atoms with E-state index in [1.807, 2.05) is 18.3 Å². The molecule has 0 unspecified atom stereocenters. The van der Waals surface area contributed by atoms with Crippen LogP contribution in [0, 0.1) is 0 Å². The average Bonchev–Trinajstić information content (AvgIpc) is 3.39. The third-order valence-corrected chi connectivity index (χ3v) is 6.03. The Morgan fingerprint density at radius 3 is 2.58 bits per heavy atom. The highest BCUT2D eigenvalue weighted by molar-refractivity contribution is 7.80. The van der Waals surface area contributed by atoms with E-state index in [9.17, 15) is 0 Å². The number of aromatic nitrogens is 2. The van der Waals surface area contributed by atoms with Crippen molar-refractivity contribution in [2.75, 3.05) is 39.3 Å². The van der Waals surface area contributed by atoms with Gasteiger partial charge in [-0.15, -0.1) is 0 Å². The molecule has 2 atom stereocenters. The topological polar surface area (TPSA) is 45.6 Å². The number of pyridine rings is 1. The molecule has 1 fully saturated rings. The predicted molar refractivity (Wildman–Crippen MR) is 129 cm³/mol. The normalized spacial score (nSPS) is 18.3. The molecule has 0 saturated carbocycles. The Hall–Kier alpha value is -2.90. The van der Waals surface area contributed by atoms with Crippen LogP contribution in [0.25, 0.3) is 5.69 Å². The van der Waals surface area contributed by atoms with Gasteiger partial charge in [-0.1, -0.05) is 6.07 Å². The highest BCUT2D eigenvalue weighted by Crippen LogP contribution is 2.39. The SMILES string of the molecule is COCCCN1C(=S)N[C@@H](c2ccccn2)[C@H]1c1cccn1-c1ccc(N(C)C)cc1. The molecule has 1 aliphatic rings. The summed E-state index contributed by atoms with van der Waals surface area (Å²) < 4.78 is 7.53. The molecule has 1 saturated heterocycles. The van der Waals surface area contributed by atoms with Crippen molar-refractivity contribution in [1.29, 1.82) is 0 Å². The lowest BCUT2D eigenvalue weighted by Crippen LogP contribution is -2.32. The summed E-state index contributed by atoms with van der Waals surface area (Å²) >= 11 is 5.76. The highest BCUT2D eigenvalue weighted by Gasteiger charge is 2.40. The first-order valence-electron chi connectivity index (χ1n) is 10.5. The quantitative estimate of drug-likeness (QED) is 0.427. The minimum absolute atomic E-state index is 0.0223. The molecule has 3 aromatic rings. The lowest BCUT2D eigenvalue weighted by atomic mass is 10.0. The van der Waals surface area contributed by atoms with E-state index in [1.54, 1.807) is 7.11 Å². The van der Waals surface area contributed by atoms with Gasteiger partial charge < -0.3 is 24.4 Å². The molecule has 0 spiro atoms. The number of hydrogen-bond acceptors (Lipinski definition) is 4. The van der Waals surface area contributed by atoms with Crippen LogP contribution in [0.15, 0.2) is 67.0 Å². The Morgan fingerprint density at radius 1 is 1.10 bits per heavy atom. The summed E-state index contributed by atoms with van der Waals surface area (Å²) in [6.45, 7) is 1.52. The molecule has 1 aromatic carbocycles. The largest absolute Gasteiger partial charge is 0.385 e. The van der Waals surface area contributed by atoms with E-state index < -0.39 is 0 Å². The van der Waals surface area contributed by atoms with Gasteiger partial charge in [0.2, 0.25) is 0 Å². The molecule has 0 amide bonds. The Bertz CT molecular complexity index is 1000. The molecule has 0 bridgehead atoms. The minimum atomic E-state index is -0.0223. The number of thiocarbonyl (C=S) groups is 1. The first kappa shape index (κ1) is 21.3. The van der Waals surface area contributed by atoms with Crippen LogP contribution in [0.4, 0.5) is 5.69 Å². The van der Waals surface area contributed by atoms with Gasteiger partial charge >= 0.3 is 0 Å². The van der Waals surface area contributed by atoms with Gasteiger partial charge in [-0.2, -0.15) is 0 Å². The maximum atomic E-state index is 5.76. The smallest absolute Gasteiger partial charge is 0.170 e. The van der Waals surface area contributed by atoms with Crippen LogP contribution in [0.3, 0.4) is 0 Å². The van der Waals surface area contributed by atoms with Crippen molar-refractivity contribution in [3.05, 3.63) is 78.4 Å². The van der Waals surface area contributed by atoms with Crippen molar-refractivity contribution in [2.24, 2.45) is 0 Å². The van der Waals surface area contributed by atoms with Crippen LogP contribution in [-0.4, -0.2) is 53.9 Å². The fourth-order valence-corrected chi connectivity index (χ4v) is 4.46. The third-order valence-electron chi connectivity index (χ3n) is 5.67. The molecule has 31 heavy (non-hydrogen) atoms. The fraction of sp³-hybridized carbons (Fsp3) is 0.333. The summed E-state index contributed by atoms with van der Waals surface area (Å²) in [7, 11) is 5.84. The van der Waals surface area contributed by atoms with E-state index in [-0.39, 0.29) is 12.1 Å². The standard InChI is InChI=1S/C24H29N5OS/c1-27(2)18-10-12-19(13-11-18)28-15-6-9-21(28)23-22(20-8-4-5-14-25-20)26-24(31)29(23)16-7-17-30-3/h4-6,8-15,22-23H,7,16-17H2,1-3H3,(H,26,31)/t22-,23+/m0/s1. The van der Waals surface area contributed by atoms with Crippen LogP contribution >= 0.6 is 12.2 Å². The number of rotatable bonds is 8. The summed E-state index contributed by atoms with van der Waals surface area (Å²) in [6, 6.07) is 18.9. The summed E-state index contributed by atoms with van der Waals surface area (Å²) in [5.41, 5.74) is 4.46. The van der Waals surface area contributed by atoms with Gasteiger partial charge in [0.05, 0.1) is 17.8 Å². The second kappa shape index (κ2) is 9.49. The second-order valence-corrected chi connectivity index (χ2v) is 8.27. The Morgan fingerprint density at radius 2 is 1.90 bits per heavy atom. The van der Waals surface area contributed by atoms with Gasteiger partial charge in [0.1, 0.15) is 0 Å². The Labute approximate surface area is 189 Å². The van der Waals surface area contributed by atoms with Crippen LogP contribution in [-0.2, 0) is 4.74 Å². The fourth-order valence-electron chi connectivity index (χ4n) is 4.13. The average molecular weight is 436 g/mol. The molecule has 7 heteroatoms. The lowest BCUT2D eigenvalue weighted by Gasteiger charge is -2.29. The molecule has 4 rings (SSSR count). The van der Waals surface area contributed by atoms with Gasteiger partial charge in [0.25, 0.3) is 0 Å².